The Bertz CT molecular complexity index is 787. The first-order chi connectivity index (χ1) is 10.9. The number of amides is 1. The van der Waals surface area contributed by atoms with E-state index >= 15 is 0 Å². The fourth-order valence-electron chi connectivity index (χ4n) is 2.26. The number of aromatic amines is 1. The summed E-state index contributed by atoms with van der Waals surface area (Å²) < 4.78 is 1.03. The maximum absolute atomic E-state index is 12.0. The van der Waals surface area contributed by atoms with Crippen LogP contribution in [0.1, 0.15) is 22.4 Å². The number of hydrogen-bond acceptors (Lipinski definition) is 3. The Hall–Kier alpha value is -1.53. The number of benzene rings is 1. The fraction of sp³-hybridized carbons (Fsp3) is 0.294. The van der Waals surface area contributed by atoms with Crippen LogP contribution in [-0.4, -0.2) is 16.6 Å². The van der Waals surface area contributed by atoms with Gasteiger partial charge in [0.2, 0.25) is 5.91 Å². The van der Waals surface area contributed by atoms with E-state index in [9.17, 15) is 9.59 Å². The lowest BCUT2D eigenvalue weighted by Gasteiger charge is -2.09. The summed E-state index contributed by atoms with van der Waals surface area (Å²) in [6.45, 7) is 5.98. The Morgan fingerprint density at radius 3 is 2.61 bits per heavy atom. The number of rotatable bonds is 5. The van der Waals surface area contributed by atoms with Gasteiger partial charge in [0, 0.05) is 27.2 Å². The van der Waals surface area contributed by atoms with E-state index in [2.05, 4.69) is 26.2 Å². The molecule has 0 saturated carbocycles. The predicted octanol–water partition coefficient (Wildman–Crippen LogP) is 3.47. The molecule has 0 aliphatic rings. The Balaban J connectivity index is 1.92. The third-order valence-electron chi connectivity index (χ3n) is 3.45. The van der Waals surface area contributed by atoms with E-state index < -0.39 is 0 Å². The number of aromatic nitrogens is 1. The zero-order valence-corrected chi connectivity index (χ0v) is 15.7. The van der Waals surface area contributed by atoms with Crippen molar-refractivity contribution in [1.29, 1.82) is 0 Å². The first-order valence-electron chi connectivity index (χ1n) is 7.22. The standard InChI is InChI=1S/C17H19BrN2O2S/c1-10-6-12(3)20-17(22)14(10)8-19-16(21)9-23-15-5-4-13(18)7-11(15)2/h4-7H,8-9H2,1-3H3,(H,19,21)(H,20,22). The van der Waals surface area contributed by atoms with Gasteiger partial charge in [-0.05, 0) is 56.2 Å². The van der Waals surface area contributed by atoms with E-state index in [0.29, 0.717) is 11.3 Å². The molecule has 6 heteroatoms. The van der Waals surface area contributed by atoms with Gasteiger partial charge in [-0.25, -0.2) is 0 Å². The van der Waals surface area contributed by atoms with Crippen LogP contribution in [0.5, 0.6) is 0 Å². The molecule has 23 heavy (non-hydrogen) atoms. The van der Waals surface area contributed by atoms with Gasteiger partial charge in [0.25, 0.3) is 5.56 Å². The smallest absolute Gasteiger partial charge is 0.253 e. The summed E-state index contributed by atoms with van der Waals surface area (Å²) in [5.74, 6) is 0.238. The molecule has 0 spiro atoms. The molecule has 0 saturated heterocycles. The van der Waals surface area contributed by atoms with E-state index in [1.807, 2.05) is 45.0 Å². The summed E-state index contributed by atoms with van der Waals surface area (Å²) in [5, 5.41) is 2.81. The van der Waals surface area contributed by atoms with Gasteiger partial charge in [-0.2, -0.15) is 0 Å². The summed E-state index contributed by atoms with van der Waals surface area (Å²) >= 11 is 4.92. The molecule has 1 aromatic carbocycles. The second kappa shape index (κ2) is 7.84. The van der Waals surface area contributed by atoms with Crippen LogP contribution in [0.2, 0.25) is 0 Å². The number of halogens is 1. The van der Waals surface area contributed by atoms with Gasteiger partial charge in [-0.1, -0.05) is 15.9 Å². The van der Waals surface area contributed by atoms with Crippen molar-refractivity contribution < 1.29 is 4.79 Å². The second-order valence-electron chi connectivity index (χ2n) is 5.42. The van der Waals surface area contributed by atoms with Crippen LogP contribution in [0.4, 0.5) is 0 Å². The highest BCUT2D eigenvalue weighted by molar-refractivity contribution is 9.10. The molecule has 4 nitrogen and oxygen atoms in total. The summed E-state index contributed by atoms with van der Waals surface area (Å²) in [5.41, 5.74) is 3.31. The molecule has 0 unspecified atom stereocenters. The molecule has 122 valence electrons. The minimum atomic E-state index is -0.140. The number of thioether (sulfide) groups is 1. The van der Waals surface area contributed by atoms with E-state index in [1.54, 1.807) is 0 Å². The van der Waals surface area contributed by atoms with Crippen molar-refractivity contribution in [3.05, 3.63) is 61.5 Å². The Kier molecular flexibility index (Phi) is 6.07. The number of hydrogen-bond donors (Lipinski definition) is 2. The molecule has 0 bridgehead atoms. The lowest BCUT2D eigenvalue weighted by atomic mass is 10.1. The lowest BCUT2D eigenvalue weighted by Crippen LogP contribution is -2.29. The topological polar surface area (TPSA) is 62.0 Å². The van der Waals surface area contributed by atoms with Crippen molar-refractivity contribution in [2.24, 2.45) is 0 Å². The van der Waals surface area contributed by atoms with Gasteiger partial charge >= 0.3 is 0 Å². The van der Waals surface area contributed by atoms with Crippen LogP contribution in [0.15, 0.2) is 38.4 Å². The zero-order chi connectivity index (χ0) is 17.0. The van der Waals surface area contributed by atoms with E-state index in [1.165, 1.54) is 11.8 Å². The molecule has 2 N–H and O–H groups in total. The Morgan fingerprint density at radius 1 is 1.22 bits per heavy atom. The molecule has 1 heterocycles. The quantitative estimate of drug-likeness (QED) is 0.763. The number of nitrogens with one attached hydrogen (secondary N) is 2. The third-order valence-corrected chi connectivity index (χ3v) is 5.12. The average Bonchev–Trinajstić information content (AvgIpc) is 2.45. The molecule has 0 radical (unpaired) electrons. The van der Waals surface area contributed by atoms with Gasteiger partial charge in [0.05, 0.1) is 5.75 Å². The Labute approximate surface area is 148 Å². The van der Waals surface area contributed by atoms with Crippen molar-refractivity contribution in [1.82, 2.24) is 10.3 Å². The molecular weight excluding hydrogens is 376 g/mol. The highest BCUT2D eigenvalue weighted by Crippen LogP contribution is 2.25. The molecule has 0 aliphatic carbocycles. The van der Waals surface area contributed by atoms with E-state index in [4.69, 9.17) is 0 Å². The monoisotopic (exact) mass is 394 g/mol. The molecule has 1 aromatic heterocycles. The third kappa shape index (κ3) is 4.97. The van der Waals surface area contributed by atoms with Crippen molar-refractivity contribution in [3.8, 4) is 0 Å². The number of carbonyl (C=O) groups is 1. The predicted molar refractivity (Wildman–Crippen MR) is 98.0 cm³/mol. The number of pyridine rings is 1. The van der Waals surface area contributed by atoms with Crippen LogP contribution < -0.4 is 10.9 Å². The summed E-state index contributed by atoms with van der Waals surface area (Å²) in [6.07, 6.45) is 0. The van der Waals surface area contributed by atoms with Crippen molar-refractivity contribution in [2.75, 3.05) is 5.75 Å². The molecule has 0 aliphatic heterocycles. The van der Waals surface area contributed by atoms with Crippen molar-refractivity contribution in [2.45, 2.75) is 32.2 Å². The van der Waals surface area contributed by atoms with E-state index in [-0.39, 0.29) is 18.0 Å². The minimum absolute atomic E-state index is 0.0864. The first kappa shape index (κ1) is 17.8. The van der Waals surface area contributed by atoms with Crippen molar-refractivity contribution >= 4 is 33.6 Å². The maximum Gasteiger partial charge on any atom is 0.253 e. The maximum atomic E-state index is 12.0. The van der Waals surface area contributed by atoms with Crippen LogP contribution in [0.25, 0.3) is 0 Å². The SMILES string of the molecule is Cc1cc(C)c(CNC(=O)CSc2ccc(Br)cc2C)c(=O)[nH]1. The molecule has 0 atom stereocenters. The first-order valence-corrected chi connectivity index (χ1v) is 8.99. The highest BCUT2D eigenvalue weighted by atomic mass is 79.9. The van der Waals surface area contributed by atoms with E-state index in [0.717, 1.165) is 26.2 Å². The number of H-pyrrole nitrogens is 1. The second-order valence-corrected chi connectivity index (χ2v) is 7.35. The van der Waals surface area contributed by atoms with Crippen LogP contribution in [0, 0.1) is 20.8 Å². The van der Waals surface area contributed by atoms with Crippen LogP contribution in [0.3, 0.4) is 0 Å². The number of aryl methyl sites for hydroxylation is 3. The largest absolute Gasteiger partial charge is 0.351 e. The van der Waals surface area contributed by atoms with Crippen LogP contribution in [-0.2, 0) is 11.3 Å². The van der Waals surface area contributed by atoms with Crippen LogP contribution >= 0.6 is 27.7 Å². The van der Waals surface area contributed by atoms with Gasteiger partial charge in [0.15, 0.2) is 0 Å². The number of carbonyl (C=O) groups excluding carboxylic acids is 1. The van der Waals surface area contributed by atoms with Gasteiger partial charge < -0.3 is 10.3 Å². The summed E-state index contributed by atoms with van der Waals surface area (Å²) in [6, 6.07) is 7.88. The molecule has 2 aromatic rings. The van der Waals surface area contributed by atoms with Gasteiger partial charge in [0.1, 0.15) is 0 Å². The fourth-order valence-corrected chi connectivity index (χ4v) is 3.57. The molecule has 1 amide bonds. The Morgan fingerprint density at radius 2 is 1.96 bits per heavy atom. The minimum Gasteiger partial charge on any atom is -0.351 e. The highest BCUT2D eigenvalue weighted by Gasteiger charge is 2.09. The summed E-state index contributed by atoms with van der Waals surface area (Å²) in [4.78, 5) is 27.8. The molecule has 2 rings (SSSR count). The summed E-state index contributed by atoms with van der Waals surface area (Å²) in [7, 11) is 0. The van der Waals surface area contributed by atoms with Crippen molar-refractivity contribution in [3.63, 3.8) is 0 Å². The normalized spacial score (nSPS) is 10.6. The van der Waals surface area contributed by atoms with Gasteiger partial charge in [-0.15, -0.1) is 11.8 Å². The molecule has 0 fully saturated rings. The lowest BCUT2D eigenvalue weighted by molar-refractivity contribution is -0.118. The average molecular weight is 395 g/mol. The zero-order valence-electron chi connectivity index (χ0n) is 13.3. The van der Waals surface area contributed by atoms with Gasteiger partial charge in [-0.3, -0.25) is 9.59 Å². The molecular formula is C17H19BrN2O2S.